The maximum Gasteiger partial charge on any atom is 0.319 e. The number of anilines is 1. The van der Waals surface area contributed by atoms with E-state index in [0.29, 0.717) is 12.2 Å². The summed E-state index contributed by atoms with van der Waals surface area (Å²) in [6, 6.07) is 12.0. The minimum atomic E-state index is -0.262. The quantitative estimate of drug-likeness (QED) is 0.709. The van der Waals surface area contributed by atoms with Gasteiger partial charge in [0.1, 0.15) is 5.82 Å². The van der Waals surface area contributed by atoms with Crippen molar-refractivity contribution in [3.05, 3.63) is 60.2 Å². The average Bonchev–Trinajstić information content (AvgIpc) is 3.34. The van der Waals surface area contributed by atoms with Crippen molar-refractivity contribution in [3.63, 3.8) is 0 Å². The van der Waals surface area contributed by atoms with E-state index >= 15 is 0 Å². The van der Waals surface area contributed by atoms with E-state index < -0.39 is 0 Å². The molecule has 0 aliphatic carbocycles. The van der Waals surface area contributed by atoms with Gasteiger partial charge in [0.25, 0.3) is 0 Å². The van der Waals surface area contributed by atoms with E-state index in [1.54, 1.807) is 18.5 Å². The zero-order chi connectivity index (χ0) is 19.5. The number of amides is 2. The Morgan fingerprint density at radius 3 is 2.68 bits per heavy atom. The second kappa shape index (κ2) is 7.98. The lowest BCUT2D eigenvalue weighted by molar-refractivity contribution is 0.227. The number of carbonyl (C=O) groups is 1. The predicted octanol–water partition coefficient (Wildman–Crippen LogP) is 3.67. The number of carbonyl (C=O) groups excluding carboxylic acids is 1. The first kappa shape index (κ1) is 18.4. The molecule has 28 heavy (non-hydrogen) atoms. The Bertz CT molecular complexity index is 963. The Morgan fingerprint density at radius 2 is 1.93 bits per heavy atom. The summed E-state index contributed by atoms with van der Waals surface area (Å²) in [4.78, 5) is 19.1. The van der Waals surface area contributed by atoms with Crippen LogP contribution in [0.1, 0.15) is 24.4 Å². The molecule has 7 heteroatoms. The second-order valence-electron chi connectivity index (χ2n) is 7.20. The number of fused-ring (bicyclic) bond motifs is 1. The first-order valence-corrected chi connectivity index (χ1v) is 9.55. The van der Waals surface area contributed by atoms with Crippen LogP contribution in [0.15, 0.2) is 48.8 Å². The first-order chi connectivity index (χ1) is 13.6. The Labute approximate surface area is 163 Å². The molecule has 3 aromatic rings. The van der Waals surface area contributed by atoms with E-state index in [-0.39, 0.29) is 17.9 Å². The monoisotopic (exact) mass is 381 g/mol. The maximum atomic E-state index is 13.3. The lowest BCUT2D eigenvalue weighted by Crippen LogP contribution is -2.38. The predicted molar refractivity (Wildman–Crippen MR) is 108 cm³/mol. The molecule has 1 atom stereocenters. The summed E-state index contributed by atoms with van der Waals surface area (Å²) in [6.45, 7) is 2.44. The number of nitrogens with zero attached hydrogens (tertiary/aromatic N) is 3. The van der Waals surface area contributed by atoms with Crippen LogP contribution >= 0.6 is 0 Å². The third-order valence-corrected chi connectivity index (χ3v) is 5.28. The molecule has 146 valence electrons. The van der Waals surface area contributed by atoms with E-state index in [1.165, 1.54) is 12.1 Å². The fourth-order valence-electron chi connectivity index (χ4n) is 3.77. The van der Waals surface area contributed by atoms with Gasteiger partial charge in [0, 0.05) is 19.3 Å². The van der Waals surface area contributed by atoms with E-state index in [9.17, 15) is 9.18 Å². The van der Waals surface area contributed by atoms with E-state index in [1.807, 2.05) is 29.8 Å². The number of nitrogens with one attached hydrogen (secondary N) is 2. The lowest BCUT2D eigenvalue weighted by Gasteiger charge is -2.28. The summed E-state index contributed by atoms with van der Waals surface area (Å²) in [5, 5.41) is 5.84. The standard InChI is InChI=1S/C21H24FN5O/c1-26-14-24-18-12-17(8-9-19(18)26)25-21(28)23-13-20(27-10-2-3-11-27)15-4-6-16(22)7-5-15/h4-9,12,14,20H,2-3,10-11,13H2,1H3,(H2,23,25,28)/t20-/m1/s1. The van der Waals surface area contributed by atoms with Crippen molar-refractivity contribution in [2.45, 2.75) is 18.9 Å². The number of halogens is 1. The second-order valence-corrected chi connectivity index (χ2v) is 7.20. The van der Waals surface area contributed by atoms with E-state index in [4.69, 9.17) is 0 Å². The molecule has 0 radical (unpaired) electrons. The maximum absolute atomic E-state index is 13.3. The molecule has 2 aromatic carbocycles. The van der Waals surface area contributed by atoms with Crippen LogP contribution < -0.4 is 10.6 Å². The highest BCUT2D eigenvalue weighted by Crippen LogP contribution is 2.25. The molecule has 1 saturated heterocycles. The van der Waals surface area contributed by atoms with Crippen LogP contribution in [0.4, 0.5) is 14.9 Å². The number of urea groups is 1. The van der Waals surface area contributed by atoms with Crippen LogP contribution in [0.3, 0.4) is 0 Å². The number of likely N-dealkylation sites (tertiary alicyclic amines) is 1. The zero-order valence-electron chi connectivity index (χ0n) is 15.9. The SMILES string of the molecule is Cn1cnc2cc(NC(=O)NC[C@H](c3ccc(F)cc3)N3CCCC3)ccc21. The van der Waals surface area contributed by atoms with Crippen LogP contribution in [-0.4, -0.2) is 40.1 Å². The highest BCUT2D eigenvalue weighted by molar-refractivity contribution is 5.91. The number of benzene rings is 2. The molecule has 6 nitrogen and oxygen atoms in total. The van der Waals surface area contributed by atoms with Crippen molar-refractivity contribution < 1.29 is 9.18 Å². The Hall–Kier alpha value is -2.93. The van der Waals surface area contributed by atoms with Gasteiger partial charge in [0.15, 0.2) is 0 Å². The van der Waals surface area contributed by atoms with Gasteiger partial charge < -0.3 is 15.2 Å². The van der Waals surface area contributed by atoms with Crippen LogP contribution in [0.5, 0.6) is 0 Å². The van der Waals surface area contributed by atoms with Gasteiger partial charge in [-0.2, -0.15) is 0 Å². The zero-order valence-corrected chi connectivity index (χ0v) is 15.9. The number of rotatable bonds is 5. The van der Waals surface area contributed by atoms with Gasteiger partial charge in [-0.3, -0.25) is 4.90 Å². The molecular formula is C21H24FN5O. The van der Waals surface area contributed by atoms with Crippen molar-refractivity contribution in [1.29, 1.82) is 0 Å². The number of imidazole rings is 1. The van der Waals surface area contributed by atoms with Crippen molar-refractivity contribution >= 4 is 22.8 Å². The molecule has 2 N–H and O–H groups in total. The molecule has 1 aliphatic heterocycles. The smallest absolute Gasteiger partial charge is 0.319 e. The fourth-order valence-corrected chi connectivity index (χ4v) is 3.77. The number of hydrogen-bond acceptors (Lipinski definition) is 3. The molecular weight excluding hydrogens is 357 g/mol. The van der Waals surface area contributed by atoms with Crippen LogP contribution in [-0.2, 0) is 7.05 Å². The third-order valence-electron chi connectivity index (χ3n) is 5.28. The number of hydrogen-bond donors (Lipinski definition) is 2. The molecule has 2 amide bonds. The largest absolute Gasteiger partial charge is 0.336 e. The molecule has 0 spiro atoms. The van der Waals surface area contributed by atoms with Gasteiger partial charge in [-0.15, -0.1) is 0 Å². The van der Waals surface area contributed by atoms with Gasteiger partial charge >= 0.3 is 6.03 Å². The number of aromatic nitrogens is 2. The van der Waals surface area contributed by atoms with Crippen molar-refractivity contribution in [2.24, 2.45) is 7.05 Å². The minimum absolute atomic E-state index is 0.0344. The van der Waals surface area contributed by atoms with Crippen molar-refractivity contribution in [2.75, 3.05) is 25.0 Å². The Morgan fingerprint density at radius 1 is 1.18 bits per heavy atom. The van der Waals surface area contributed by atoms with Gasteiger partial charge in [-0.1, -0.05) is 12.1 Å². The summed E-state index contributed by atoms with van der Waals surface area (Å²) < 4.78 is 15.2. The summed E-state index contributed by atoms with van der Waals surface area (Å²) in [7, 11) is 1.93. The van der Waals surface area contributed by atoms with Gasteiger partial charge in [-0.25, -0.2) is 14.2 Å². The third kappa shape index (κ3) is 3.99. The van der Waals surface area contributed by atoms with Gasteiger partial charge in [0.2, 0.25) is 0 Å². The van der Waals surface area contributed by atoms with Gasteiger partial charge in [0.05, 0.1) is 23.4 Å². The minimum Gasteiger partial charge on any atom is -0.336 e. The Balaban J connectivity index is 1.42. The Kier molecular flexibility index (Phi) is 5.25. The molecule has 1 aromatic heterocycles. The normalized spacial score (nSPS) is 15.6. The van der Waals surface area contributed by atoms with Crippen molar-refractivity contribution in [3.8, 4) is 0 Å². The fraction of sp³-hybridized carbons (Fsp3) is 0.333. The van der Waals surface area contributed by atoms with E-state index in [0.717, 1.165) is 42.5 Å². The van der Waals surface area contributed by atoms with Crippen molar-refractivity contribution in [1.82, 2.24) is 19.8 Å². The molecule has 0 unspecified atom stereocenters. The molecule has 4 rings (SSSR count). The van der Waals surface area contributed by atoms with Crippen LogP contribution in [0.2, 0.25) is 0 Å². The van der Waals surface area contributed by atoms with Crippen LogP contribution in [0, 0.1) is 5.82 Å². The van der Waals surface area contributed by atoms with E-state index in [2.05, 4.69) is 20.5 Å². The summed E-state index contributed by atoms with van der Waals surface area (Å²) in [5.41, 5.74) is 3.56. The molecule has 2 heterocycles. The summed E-state index contributed by atoms with van der Waals surface area (Å²) in [5.74, 6) is -0.250. The lowest BCUT2D eigenvalue weighted by atomic mass is 10.1. The topological polar surface area (TPSA) is 62.2 Å². The van der Waals surface area contributed by atoms with Crippen LogP contribution in [0.25, 0.3) is 11.0 Å². The summed E-state index contributed by atoms with van der Waals surface area (Å²) >= 11 is 0. The molecule has 1 aliphatic rings. The number of aryl methyl sites for hydroxylation is 1. The first-order valence-electron chi connectivity index (χ1n) is 9.55. The highest BCUT2D eigenvalue weighted by atomic mass is 19.1. The molecule has 0 saturated carbocycles. The van der Waals surface area contributed by atoms with Gasteiger partial charge in [-0.05, 0) is 61.8 Å². The summed E-state index contributed by atoms with van der Waals surface area (Å²) in [6.07, 6.45) is 4.04. The molecule has 1 fully saturated rings. The molecule has 0 bridgehead atoms. The highest BCUT2D eigenvalue weighted by Gasteiger charge is 2.24. The average molecular weight is 381 g/mol.